The summed E-state index contributed by atoms with van der Waals surface area (Å²) >= 11 is 0. The second-order valence-corrected chi connectivity index (χ2v) is 6.82. The van der Waals surface area contributed by atoms with Crippen LogP contribution >= 0.6 is 0 Å². The molecule has 0 bridgehead atoms. The van der Waals surface area contributed by atoms with Crippen molar-refractivity contribution in [3.8, 4) is 0 Å². The number of nitrogens with zero attached hydrogens (tertiary/aromatic N) is 1. The molecule has 4 heteroatoms. The number of benzene rings is 1. The van der Waals surface area contributed by atoms with Crippen LogP contribution in [0.25, 0.3) is 0 Å². The molecule has 4 nitrogen and oxygen atoms in total. The van der Waals surface area contributed by atoms with E-state index in [4.69, 9.17) is 9.15 Å². The predicted octanol–water partition coefficient (Wildman–Crippen LogP) is 4.12. The Morgan fingerprint density at radius 3 is 2.79 bits per heavy atom. The molecule has 1 fully saturated rings. The lowest BCUT2D eigenvalue weighted by atomic mass is 10.0. The number of aryl methyl sites for hydroxylation is 2. The number of nitrogens with one attached hydrogen (secondary N) is 1. The first kappa shape index (κ1) is 17.1. The van der Waals surface area contributed by atoms with E-state index in [-0.39, 0.29) is 0 Å². The van der Waals surface area contributed by atoms with E-state index in [1.54, 1.807) is 7.11 Å². The molecule has 1 aliphatic rings. The van der Waals surface area contributed by atoms with Gasteiger partial charge >= 0.3 is 0 Å². The zero-order valence-electron chi connectivity index (χ0n) is 15.0. The highest BCUT2D eigenvalue weighted by molar-refractivity contribution is 5.48. The molecule has 0 aliphatic carbocycles. The zero-order valence-corrected chi connectivity index (χ0v) is 15.0. The lowest BCUT2D eigenvalue weighted by molar-refractivity contribution is 0.155. The summed E-state index contributed by atoms with van der Waals surface area (Å²) in [5.74, 6) is 1.92. The zero-order chi connectivity index (χ0) is 16.9. The van der Waals surface area contributed by atoms with Gasteiger partial charge in [-0.05, 0) is 68.6 Å². The molecule has 24 heavy (non-hydrogen) atoms. The van der Waals surface area contributed by atoms with Crippen molar-refractivity contribution in [2.24, 2.45) is 0 Å². The van der Waals surface area contributed by atoms with Crippen LogP contribution in [0.15, 0.2) is 34.7 Å². The van der Waals surface area contributed by atoms with Crippen LogP contribution in [0.4, 0.5) is 5.69 Å². The lowest BCUT2D eigenvalue weighted by Gasteiger charge is -2.33. The van der Waals surface area contributed by atoms with Gasteiger partial charge in [0.2, 0.25) is 0 Å². The fourth-order valence-electron chi connectivity index (χ4n) is 3.33. The predicted molar refractivity (Wildman–Crippen MR) is 97.3 cm³/mol. The third kappa shape index (κ3) is 4.40. The van der Waals surface area contributed by atoms with Crippen LogP contribution in [0.3, 0.4) is 0 Å². The van der Waals surface area contributed by atoms with E-state index < -0.39 is 0 Å². The van der Waals surface area contributed by atoms with Crippen LogP contribution in [0.5, 0.6) is 0 Å². The molecule has 1 atom stereocenters. The average molecular weight is 328 g/mol. The van der Waals surface area contributed by atoms with Crippen molar-refractivity contribution >= 4 is 5.69 Å². The first-order chi connectivity index (χ1) is 11.6. The third-order valence-electron chi connectivity index (χ3n) is 4.77. The summed E-state index contributed by atoms with van der Waals surface area (Å²) in [7, 11) is 1.69. The van der Waals surface area contributed by atoms with Crippen molar-refractivity contribution in [3.05, 3.63) is 53.0 Å². The van der Waals surface area contributed by atoms with Gasteiger partial charge in [-0.2, -0.15) is 0 Å². The van der Waals surface area contributed by atoms with Gasteiger partial charge in [0.15, 0.2) is 0 Å². The van der Waals surface area contributed by atoms with Crippen LogP contribution < -0.4 is 5.32 Å². The number of rotatable bonds is 6. The molecule has 3 rings (SSSR count). The number of methoxy groups -OCH3 is 1. The molecule has 1 aromatic carbocycles. The second-order valence-electron chi connectivity index (χ2n) is 6.82. The number of ether oxygens (including phenoxy) is 1. The molecule has 0 amide bonds. The highest BCUT2D eigenvalue weighted by atomic mass is 16.5. The van der Waals surface area contributed by atoms with Gasteiger partial charge in [0.1, 0.15) is 18.1 Å². The average Bonchev–Trinajstić information content (AvgIpc) is 2.99. The van der Waals surface area contributed by atoms with Crippen molar-refractivity contribution in [1.82, 2.24) is 4.90 Å². The fraction of sp³-hybridized carbons (Fsp3) is 0.500. The largest absolute Gasteiger partial charge is 0.462 e. The Kier molecular flexibility index (Phi) is 5.59. The molecule has 1 saturated heterocycles. The summed E-state index contributed by atoms with van der Waals surface area (Å²) in [5.41, 5.74) is 3.91. The van der Waals surface area contributed by atoms with E-state index in [0.29, 0.717) is 12.6 Å². The highest BCUT2D eigenvalue weighted by Crippen LogP contribution is 2.20. The van der Waals surface area contributed by atoms with E-state index in [1.807, 2.05) is 6.07 Å². The number of hydrogen-bond acceptors (Lipinski definition) is 4. The maximum atomic E-state index is 5.82. The summed E-state index contributed by atoms with van der Waals surface area (Å²) in [6, 6.07) is 11.2. The number of piperidine rings is 1. The highest BCUT2D eigenvalue weighted by Gasteiger charge is 2.20. The van der Waals surface area contributed by atoms with E-state index in [0.717, 1.165) is 31.2 Å². The van der Waals surface area contributed by atoms with Gasteiger partial charge in [-0.3, -0.25) is 4.90 Å². The van der Waals surface area contributed by atoms with E-state index in [9.17, 15) is 0 Å². The number of anilines is 1. The minimum absolute atomic E-state index is 0.495. The van der Waals surface area contributed by atoms with Crippen molar-refractivity contribution in [2.75, 3.05) is 25.5 Å². The Morgan fingerprint density at radius 2 is 2.00 bits per heavy atom. The molecule has 1 N–H and O–H groups in total. The van der Waals surface area contributed by atoms with Gasteiger partial charge in [0.05, 0.1) is 6.54 Å². The molecule has 1 aliphatic heterocycles. The van der Waals surface area contributed by atoms with Gasteiger partial charge in [-0.15, -0.1) is 0 Å². The molecule has 0 unspecified atom stereocenters. The van der Waals surface area contributed by atoms with Gasteiger partial charge < -0.3 is 14.5 Å². The second kappa shape index (κ2) is 7.86. The van der Waals surface area contributed by atoms with Crippen LogP contribution in [-0.4, -0.2) is 31.1 Å². The van der Waals surface area contributed by atoms with Crippen LogP contribution in [0.1, 0.15) is 35.5 Å². The molecular formula is C20H28N2O2. The first-order valence-electron chi connectivity index (χ1n) is 8.76. The Labute approximate surface area is 144 Å². The maximum Gasteiger partial charge on any atom is 0.129 e. The van der Waals surface area contributed by atoms with Crippen molar-refractivity contribution in [3.63, 3.8) is 0 Å². The molecule has 1 aromatic heterocycles. The molecule has 130 valence electrons. The Morgan fingerprint density at radius 1 is 1.17 bits per heavy atom. The summed E-state index contributed by atoms with van der Waals surface area (Å²) in [5, 5.41) is 3.70. The minimum atomic E-state index is 0.495. The summed E-state index contributed by atoms with van der Waals surface area (Å²) < 4.78 is 10.9. The van der Waals surface area contributed by atoms with Gasteiger partial charge in [-0.1, -0.05) is 6.07 Å². The molecule has 2 aromatic rings. The standard InChI is InChI=1S/C20H28N2O2/c1-15-6-7-17(11-16(15)2)21-18-5-4-10-22(12-18)13-19-8-9-20(24-19)14-23-3/h6-9,11,18,21H,4-5,10,12-14H2,1-3H3/t18-/m1/s1. The fourth-order valence-corrected chi connectivity index (χ4v) is 3.33. The van der Waals surface area contributed by atoms with Crippen LogP contribution in [0.2, 0.25) is 0 Å². The molecule has 0 spiro atoms. The number of furan rings is 1. The first-order valence-corrected chi connectivity index (χ1v) is 8.76. The van der Waals surface area contributed by atoms with Gasteiger partial charge in [0.25, 0.3) is 0 Å². The summed E-state index contributed by atoms with van der Waals surface area (Å²) in [6.07, 6.45) is 2.44. The van der Waals surface area contributed by atoms with Crippen molar-refractivity contribution < 1.29 is 9.15 Å². The van der Waals surface area contributed by atoms with E-state index >= 15 is 0 Å². The van der Waals surface area contributed by atoms with Crippen molar-refractivity contribution in [2.45, 2.75) is 45.9 Å². The normalized spacial score (nSPS) is 18.7. The Balaban J connectivity index is 1.56. The lowest BCUT2D eigenvalue weighted by Crippen LogP contribution is -2.41. The SMILES string of the molecule is COCc1ccc(CN2CCC[C@@H](Nc3ccc(C)c(C)c3)C2)o1. The molecule has 0 radical (unpaired) electrons. The quantitative estimate of drug-likeness (QED) is 0.865. The topological polar surface area (TPSA) is 37.6 Å². The Bertz CT molecular complexity index is 665. The van der Waals surface area contributed by atoms with Gasteiger partial charge in [0, 0.05) is 25.4 Å². The van der Waals surface area contributed by atoms with E-state index in [1.165, 1.54) is 29.7 Å². The maximum absolute atomic E-state index is 5.82. The molecule has 0 saturated carbocycles. The van der Waals surface area contributed by atoms with Crippen LogP contribution in [-0.2, 0) is 17.9 Å². The van der Waals surface area contributed by atoms with E-state index in [2.05, 4.69) is 48.3 Å². The number of hydrogen-bond donors (Lipinski definition) is 1. The van der Waals surface area contributed by atoms with Gasteiger partial charge in [-0.25, -0.2) is 0 Å². The monoisotopic (exact) mass is 328 g/mol. The molecule has 2 heterocycles. The van der Waals surface area contributed by atoms with Crippen molar-refractivity contribution in [1.29, 1.82) is 0 Å². The summed E-state index contributed by atoms with van der Waals surface area (Å²) in [4.78, 5) is 2.47. The number of likely N-dealkylation sites (tertiary alicyclic amines) is 1. The molecular weight excluding hydrogens is 300 g/mol. The minimum Gasteiger partial charge on any atom is -0.462 e. The summed E-state index contributed by atoms with van der Waals surface area (Å²) in [6.45, 7) is 7.91. The van der Waals surface area contributed by atoms with Crippen LogP contribution in [0, 0.1) is 13.8 Å². The third-order valence-corrected chi connectivity index (χ3v) is 4.77. The smallest absolute Gasteiger partial charge is 0.129 e. The Hall–Kier alpha value is -1.78.